The monoisotopic (exact) mass is 213 g/mol. The van der Waals surface area contributed by atoms with E-state index < -0.39 is 17.2 Å². The van der Waals surface area contributed by atoms with Crippen LogP contribution in [0.15, 0.2) is 15.7 Å². The van der Waals surface area contributed by atoms with Gasteiger partial charge in [-0.3, -0.25) is 14.6 Å². The van der Waals surface area contributed by atoms with Crippen molar-refractivity contribution in [1.82, 2.24) is 15.3 Å². The van der Waals surface area contributed by atoms with Gasteiger partial charge in [-0.15, -0.1) is 0 Å². The van der Waals surface area contributed by atoms with Crippen molar-refractivity contribution in [2.75, 3.05) is 20.3 Å². The van der Waals surface area contributed by atoms with Gasteiger partial charge in [-0.25, -0.2) is 4.79 Å². The number of ether oxygens (including phenoxy) is 1. The highest BCUT2D eigenvalue weighted by Crippen LogP contribution is 1.84. The number of hydrogen-bond acceptors (Lipinski definition) is 4. The SMILES string of the molecule is COCCNC(=O)c1cc(=O)[nH]c(=O)[nH]1. The summed E-state index contributed by atoms with van der Waals surface area (Å²) in [4.78, 5) is 37.2. The van der Waals surface area contributed by atoms with E-state index >= 15 is 0 Å². The Labute approximate surface area is 84.5 Å². The van der Waals surface area contributed by atoms with Crippen LogP contribution in [0.1, 0.15) is 10.5 Å². The standard InChI is InChI=1S/C8H11N3O4/c1-15-3-2-9-7(13)5-4-6(12)11-8(14)10-5/h4H,2-3H2,1H3,(H,9,13)(H2,10,11,12,14). The highest BCUT2D eigenvalue weighted by Gasteiger charge is 2.06. The highest BCUT2D eigenvalue weighted by molar-refractivity contribution is 5.91. The Morgan fingerprint density at radius 2 is 2.20 bits per heavy atom. The lowest BCUT2D eigenvalue weighted by molar-refractivity contribution is 0.0931. The second kappa shape index (κ2) is 5.11. The third kappa shape index (κ3) is 3.39. The first-order chi connectivity index (χ1) is 7.13. The van der Waals surface area contributed by atoms with Crippen molar-refractivity contribution in [3.8, 4) is 0 Å². The number of hydrogen-bond donors (Lipinski definition) is 3. The maximum absolute atomic E-state index is 11.3. The number of H-pyrrole nitrogens is 2. The van der Waals surface area contributed by atoms with E-state index in [1.807, 2.05) is 4.98 Å². The van der Waals surface area contributed by atoms with E-state index in [2.05, 4.69) is 10.3 Å². The fourth-order valence-electron chi connectivity index (χ4n) is 0.953. The molecule has 1 rings (SSSR count). The van der Waals surface area contributed by atoms with Crippen molar-refractivity contribution in [2.24, 2.45) is 0 Å². The maximum Gasteiger partial charge on any atom is 0.326 e. The molecule has 0 unspecified atom stereocenters. The Kier molecular flexibility index (Phi) is 3.81. The summed E-state index contributed by atoms with van der Waals surface area (Å²) in [5.41, 5.74) is -1.39. The lowest BCUT2D eigenvalue weighted by Gasteiger charge is -2.02. The van der Waals surface area contributed by atoms with Gasteiger partial charge in [0, 0.05) is 19.7 Å². The molecule has 0 bridgehead atoms. The molecule has 1 aromatic heterocycles. The van der Waals surface area contributed by atoms with Gasteiger partial charge in [0.05, 0.1) is 6.61 Å². The molecule has 0 aliphatic carbocycles. The minimum Gasteiger partial charge on any atom is -0.383 e. The number of amides is 1. The maximum atomic E-state index is 11.3. The van der Waals surface area contributed by atoms with Crippen LogP contribution in [-0.2, 0) is 4.74 Å². The Bertz CT molecular complexity index is 419. The van der Waals surface area contributed by atoms with Crippen LogP contribution < -0.4 is 16.6 Å². The Morgan fingerprint density at radius 1 is 1.47 bits per heavy atom. The molecule has 7 heteroatoms. The number of carbonyl (C=O) groups excluding carboxylic acids is 1. The molecule has 1 heterocycles. The van der Waals surface area contributed by atoms with Gasteiger partial charge in [0.2, 0.25) is 0 Å². The summed E-state index contributed by atoms with van der Waals surface area (Å²) < 4.78 is 4.72. The zero-order chi connectivity index (χ0) is 11.3. The predicted octanol–water partition coefficient (Wildman–Crippen LogP) is -1.56. The Morgan fingerprint density at radius 3 is 2.80 bits per heavy atom. The predicted molar refractivity (Wildman–Crippen MR) is 51.9 cm³/mol. The van der Waals surface area contributed by atoms with Gasteiger partial charge in [-0.1, -0.05) is 0 Å². The quantitative estimate of drug-likeness (QED) is 0.526. The van der Waals surface area contributed by atoms with Gasteiger partial charge in [-0.05, 0) is 0 Å². The average molecular weight is 213 g/mol. The number of aromatic amines is 2. The van der Waals surface area contributed by atoms with Crippen LogP contribution >= 0.6 is 0 Å². The molecule has 0 spiro atoms. The van der Waals surface area contributed by atoms with Gasteiger partial charge in [0.25, 0.3) is 11.5 Å². The van der Waals surface area contributed by atoms with Crippen molar-refractivity contribution in [2.45, 2.75) is 0 Å². The van der Waals surface area contributed by atoms with Gasteiger partial charge in [-0.2, -0.15) is 0 Å². The van der Waals surface area contributed by atoms with E-state index in [9.17, 15) is 14.4 Å². The van der Waals surface area contributed by atoms with Crippen molar-refractivity contribution in [1.29, 1.82) is 0 Å². The Hall–Kier alpha value is -1.89. The zero-order valence-corrected chi connectivity index (χ0v) is 8.12. The smallest absolute Gasteiger partial charge is 0.326 e. The first kappa shape index (κ1) is 11.2. The van der Waals surface area contributed by atoms with Gasteiger partial charge >= 0.3 is 5.69 Å². The van der Waals surface area contributed by atoms with E-state index in [0.717, 1.165) is 6.07 Å². The molecule has 0 aromatic carbocycles. The summed E-state index contributed by atoms with van der Waals surface area (Å²) in [5, 5.41) is 2.47. The van der Waals surface area contributed by atoms with Crippen molar-refractivity contribution >= 4 is 5.91 Å². The van der Waals surface area contributed by atoms with E-state index in [1.165, 1.54) is 7.11 Å². The summed E-state index contributed by atoms with van der Waals surface area (Å²) >= 11 is 0. The molecule has 0 atom stereocenters. The van der Waals surface area contributed by atoms with E-state index in [-0.39, 0.29) is 5.69 Å². The molecule has 0 fully saturated rings. The van der Waals surface area contributed by atoms with Crippen LogP contribution in [0.4, 0.5) is 0 Å². The molecule has 0 aliphatic heterocycles. The molecule has 0 saturated heterocycles. The fraction of sp³-hybridized carbons (Fsp3) is 0.375. The Balaban J connectivity index is 2.74. The summed E-state index contributed by atoms with van der Waals surface area (Å²) in [6, 6.07) is 1.02. The normalized spacial score (nSPS) is 9.93. The zero-order valence-electron chi connectivity index (χ0n) is 8.12. The minimum atomic E-state index is -0.709. The number of aromatic nitrogens is 2. The summed E-state index contributed by atoms with van der Waals surface area (Å²) in [7, 11) is 1.50. The van der Waals surface area contributed by atoms with Crippen LogP contribution in [0.3, 0.4) is 0 Å². The van der Waals surface area contributed by atoms with Crippen molar-refractivity contribution in [3.05, 3.63) is 32.6 Å². The summed E-state index contributed by atoms with van der Waals surface area (Å²) in [5.74, 6) is -0.518. The van der Waals surface area contributed by atoms with Crippen LogP contribution in [0.25, 0.3) is 0 Å². The molecule has 0 radical (unpaired) electrons. The topological polar surface area (TPSA) is 104 Å². The van der Waals surface area contributed by atoms with Crippen molar-refractivity contribution < 1.29 is 9.53 Å². The van der Waals surface area contributed by atoms with E-state index in [4.69, 9.17) is 4.74 Å². The minimum absolute atomic E-state index is 0.0696. The molecule has 1 amide bonds. The molecule has 82 valence electrons. The molecule has 1 aromatic rings. The molecule has 15 heavy (non-hydrogen) atoms. The molecular weight excluding hydrogens is 202 g/mol. The number of nitrogens with one attached hydrogen (secondary N) is 3. The largest absolute Gasteiger partial charge is 0.383 e. The number of methoxy groups -OCH3 is 1. The number of carbonyl (C=O) groups is 1. The lowest BCUT2D eigenvalue weighted by Crippen LogP contribution is -2.32. The van der Waals surface area contributed by atoms with Crippen LogP contribution in [-0.4, -0.2) is 36.1 Å². The number of rotatable bonds is 4. The lowest BCUT2D eigenvalue weighted by atomic mass is 10.4. The van der Waals surface area contributed by atoms with Crippen LogP contribution in [0.5, 0.6) is 0 Å². The second-order valence-corrected chi connectivity index (χ2v) is 2.75. The third-order valence-electron chi connectivity index (χ3n) is 1.60. The first-order valence-electron chi connectivity index (χ1n) is 4.24. The van der Waals surface area contributed by atoms with Gasteiger partial charge in [0.1, 0.15) is 5.69 Å². The molecule has 7 nitrogen and oxygen atoms in total. The molecule has 3 N–H and O–H groups in total. The van der Waals surface area contributed by atoms with Crippen molar-refractivity contribution in [3.63, 3.8) is 0 Å². The average Bonchev–Trinajstić information content (AvgIpc) is 2.16. The molecule has 0 saturated carbocycles. The second-order valence-electron chi connectivity index (χ2n) is 2.75. The molecular formula is C8H11N3O4. The molecule has 0 aliphatic rings. The van der Waals surface area contributed by atoms with Gasteiger partial charge in [0.15, 0.2) is 0 Å². The third-order valence-corrected chi connectivity index (χ3v) is 1.60. The van der Waals surface area contributed by atoms with E-state index in [1.54, 1.807) is 0 Å². The highest BCUT2D eigenvalue weighted by atomic mass is 16.5. The summed E-state index contributed by atoms with van der Waals surface area (Å²) in [6.07, 6.45) is 0. The van der Waals surface area contributed by atoms with Gasteiger partial charge < -0.3 is 15.0 Å². The summed E-state index contributed by atoms with van der Waals surface area (Å²) in [6.45, 7) is 0.670. The van der Waals surface area contributed by atoms with E-state index in [0.29, 0.717) is 13.2 Å². The fourth-order valence-corrected chi connectivity index (χ4v) is 0.953. The van der Waals surface area contributed by atoms with Crippen LogP contribution in [0.2, 0.25) is 0 Å². The first-order valence-corrected chi connectivity index (χ1v) is 4.24. The van der Waals surface area contributed by atoms with Crippen LogP contribution in [0, 0.1) is 0 Å².